The molecular weight excluding hydrogens is 1050 g/mol. The van der Waals surface area contributed by atoms with Gasteiger partial charge in [-0.2, -0.15) is 0 Å². The van der Waals surface area contributed by atoms with Crippen molar-refractivity contribution in [1.29, 1.82) is 0 Å². The Balaban J connectivity index is 1.50. The van der Waals surface area contributed by atoms with E-state index in [0.717, 1.165) is 5.19 Å². The first-order chi connectivity index (χ1) is 36.6. The number of aliphatic hydroxyl groups is 1. The number of esters is 3. The predicted molar refractivity (Wildman–Crippen MR) is 296 cm³/mol. The van der Waals surface area contributed by atoms with Gasteiger partial charge in [-0.25, -0.2) is 19.2 Å². The number of Topliss-reactive ketones (excluding diaryl/α,β-unsaturated/α-hetero) is 1. The van der Waals surface area contributed by atoms with Crippen LogP contribution < -0.4 is 10.5 Å². The summed E-state index contributed by atoms with van der Waals surface area (Å²) in [5.41, 5.74) is -8.29. The quantitative estimate of drug-likeness (QED) is 0.0524. The molecule has 1 aromatic heterocycles. The zero-order chi connectivity index (χ0) is 57.4. The molecule has 3 aliphatic carbocycles. The number of fused-ring (bicyclic) bond motifs is 5. The molecule has 7 rings (SSSR count). The molecule has 20 heteroatoms. The third kappa shape index (κ3) is 11.4. The molecule has 2 heterocycles. The van der Waals surface area contributed by atoms with Gasteiger partial charge in [-0.15, -0.1) is 11.3 Å². The fourth-order valence-electron chi connectivity index (χ4n) is 12.4. The number of amides is 1. The van der Waals surface area contributed by atoms with Gasteiger partial charge in [0.1, 0.15) is 35.6 Å². The number of rotatable bonds is 18. The summed E-state index contributed by atoms with van der Waals surface area (Å²) in [6, 6.07) is 22.0. The van der Waals surface area contributed by atoms with E-state index in [1.54, 1.807) is 97.9 Å². The van der Waals surface area contributed by atoms with E-state index >= 15 is 9.59 Å². The van der Waals surface area contributed by atoms with Crippen LogP contribution in [0.15, 0.2) is 89.3 Å². The molecule has 17 nitrogen and oxygen atoms in total. The molecule has 3 aromatic rings. The van der Waals surface area contributed by atoms with Crippen molar-refractivity contribution in [2.24, 2.45) is 16.7 Å². The normalized spacial score (nSPS) is 28.4. The average molecular weight is 1130 g/mol. The second-order valence-corrected chi connectivity index (χ2v) is 32.8. The summed E-state index contributed by atoms with van der Waals surface area (Å²) in [5.74, 6) is -4.76. The minimum atomic E-state index is -3.04. The molecular formula is C58H79NO16SSi2. The van der Waals surface area contributed by atoms with Crippen LogP contribution in [0.1, 0.15) is 117 Å². The molecule has 4 aliphatic rings. The van der Waals surface area contributed by atoms with Crippen LogP contribution in [0.25, 0.3) is 0 Å². The van der Waals surface area contributed by atoms with E-state index in [2.05, 4.69) is 5.32 Å². The number of ketones is 1. The molecule has 11 atom stereocenters. The molecule has 2 aromatic carbocycles. The van der Waals surface area contributed by atoms with E-state index < -0.39 is 135 Å². The van der Waals surface area contributed by atoms with Gasteiger partial charge in [-0.3, -0.25) is 9.59 Å². The zero-order valence-corrected chi connectivity index (χ0v) is 50.4. The summed E-state index contributed by atoms with van der Waals surface area (Å²) in [6.45, 7) is 24.1. The number of ether oxygens (including phenoxy) is 7. The van der Waals surface area contributed by atoms with Crippen LogP contribution in [0.3, 0.4) is 0 Å². The number of alkyl carbamates (subject to hydrolysis) is 1. The van der Waals surface area contributed by atoms with E-state index in [4.69, 9.17) is 42.0 Å². The standard InChI is InChI=1S/C58H79NO16SSi2/c1-15-67-53(65)70-45-43-35(5)39(69-51(63)46(75-78(16-2,17-3)18-4)44(40-30-25-31-76-40)59-52(64)73-54(7,8)9)33-58(66,55(43,10)11)49(71-50(62)37-26-21-19-22-27-37)47-56(12,48(45)61)41(32-42-57(47,34-68-42)72-36(6)60)74-77(13,14)38-28-23-20-24-29-38/h19-31,39,41-42,44-47,49,66H,15-18,32-34H2,1-14H3,(H,59,64)/t39-,41-,42+,44-,45?,46+,47?,49-,56+,57-,58+/m0/s1. The van der Waals surface area contributed by atoms with Crippen molar-refractivity contribution in [1.82, 2.24) is 5.32 Å². The Hall–Kier alpha value is -5.23. The fraction of sp³-hybridized carbons (Fsp3) is 0.586. The van der Waals surface area contributed by atoms with E-state index in [9.17, 15) is 24.3 Å². The van der Waals surface area contributed by atoms with Crippen molar-refractivity contribution < 1.29 is 75.9 Å². The van der Waals surface area contributed by atoms with E-state index in [0.29, 0.717) is 23.0 Å². The Morgan fingerprint density at radius 1 is 0.885 bits per heavy atom. The van der Waals surface area contributed by atoms with Gasteiger partial charge < -0.3 is 52.4 Å². The van der Waals surface area contributed by atoms with Gasteiger partial charge in [0.2, 0.25) is 8.32 Å². The third-order valence-corrected chi connectivity index (χ3v) is 25.0. The van der Waals surface area contributed by atoms with Gasteiger partial charge in [-0.1, -0.05) is 89.2 Å². The van der Waals surface area contributed by atoms with Gasteiger partial charge in [0.15, 0.2) is 31.9 Å². The zero-order valence-electron chi connectivity index (χ0n) is 47.6. The van der Waals surface area contributed by atoms with Crippen LogP contribution in [-0.2, 0) is 56.4 Å². The van der Waals surface area contributed by atoms with E-state index in [1.807, 2.05) is 69.6 Å². The highest BCUT2D eigenvalue weighted by Gasteiger charge is 2.79. The van der Waals surface area contributed by atoms with E-state index in [-0.39, 0.29) is 36.3 Å². The van der Waals surface area contributed by atoms with Crippen molar-refractivity contribution in [2.45, 2.75) is 187 Å². The van der Waals surface area contributed by atoms with Crippen molar-refractivity contribution in [2.75, 3.05) is 13.2 Å². The molecule has 426 valence electrons. The maximum atomic E-state index is 16.8. The highest BCUT2D eigenvalue weighted by atomic mass is 32.1. The van der Waals surface area contributed by atoms with Gasteiger partial charge in [0, 0.05) is 30.1 Å². The lowest BCUT2D eigenvalue weighted by molar-refractivity contribution is -0.344. The maximum absolute atomic E-state index is 16.8. The molecule has 3 fully saturated rings. The smallest absolute Gasteiger partial charge is 0.456 e. The summed E-state index contributed by atoms with van der Waals surface area (Å²) >= 11 is 1.29. The fourth-order valence-corrected chi connectivity index (χ4v) is 18.2. The summed E-state index contributed by atoms with van der Waals surface area (Å²) in [7, 11) is -5.81. The first-order valence-electron chi connectivity index (χ1n) is 27.1. The molecule has 78 heavy (non-hydrogen) atoms. The number of carbonyl (C=O) groups excluding carboxylic acids is 6. The Morgan fingerprint density at radius 2 is 1.51 bits per heavy atom. The van der Waals surface area contributed by atoms with E-state index in [1.165, 1.54) is 18.3 Å². The lowest BCUT2D eigenvalue weighted by atomic mass is 9.44. The first kappa shape index (κ1) is 60.4. The summed E-state index contributed by atoms with van der Waals surface area (Å²) in [6.07, 6.45) is -11.1. The minimum absolute atomic E-state index is 0.00304. The Labute approximate surface area is 464 Å². The highest BCUT2D eigenvalue weighted by Crippen LogP contribution is 2.65. The predicted octanol–water partition coefficient (Wildman–Crippen LogP) is 9.67. The molecule has 2 unspecified atom stereocenters. The van der Waals surface area contributed by atoms with Crippen molar-refractivity contribution in [3.63, 3.8) is 0 Å². The number of hydrogen-bond donors (Lipinski definition) is 2. The van der Waals surface area contributed by atoms with Crippen LogP contribution in [0.4, 0.5) is 9.59 Å². The summed E-state index contributed by atoms with van der Waals surface area (Å²) in [5, 5.41) is 20.1. The van der Waals surface area contributed by atoms with Gasteiger partial charge >= 0.3 is 30.2 Å². The molecule has 2 saturated carbocycles. The highest BCUT2D eigenvalue weighted by molar-refractivity contribution is 7.10. The second-order valence-electron chi connectivity index (χ2n) is 23.3. The molecule has 0 radical (unpaired) electrons. The van der Waals surface area contributed by atoms with Crippen LogP contribution in [0.2, 0.25) is 31.2 Å². The molecule has 0 spiro atoms. The van der Waals surface area contributed by atoms with Crippen LogP contribution in [0, 0.1) is 16.7 Å². The molecule has 1 amide bonds. The number of carbonyl (C=O) groups is 6. The number of thiophene rings is 1. The maximum Gasteiger partial charge on any atom is 0.509 e. The minimum Gasteiger partial charge on any atom is -0.456 e. The first-order valence-corrected chi connectivity index (χ1v) is 33.4. The van der Waals surface area contributed by atoms with Gasteiger partial charge in [0.25, 0.3) is 0 Å². The summed E-state index contributed by atoms with van der Waals surface area (Å²) in [4.78, 5) is 89.4. The molecule has 1 saturated heterocycles. The van der Waals surface area contributed by atoms with Crippen LogP contribution in [-0.4, -0.2) is 124 Å². The molecule has 2 N–H and O–H groups in total. The Morgan fingerprint density at radius 3 is 2.05 bits per heavy atom. The SMILES string of the molecule is CCOC(=O)OC1C(=O)[C@@]2(C)C([C@H](OC(=O)c3ccccc3)[C@]3(O)C[C@H](OC(=O)[C@H](O[Si](CC)(CC)CC)[C@@H](NC(=O)OC(C)(C)C)c4cccs4)C(C)=C1C3(C)C)[C@]1(OC(C)=O)CO[C@@H]1C[C@@H]2O[Si](C)(C)c1ccccc1. The van der Waals surface area contributed by atoms with Crippen LogP contribution in [0.5, 0.6) is 0 Å². The number of hydrogen-bond acceptors (Lipinski definition) is 17. The summed E-state index contributed by atoms with van der Waals surface area (Å²) < 4.78 is 58.1. The Bertz CT molecular complexity index is 2700. The average Bonchev–Trinajstić information content (AvgIpc) is 3.84. The molecule has 2 bridgehead atoms. The third-order valence-electron chi connectivity index (χ3n) is 16.9. The largest absolute Gasteiger partial charge is 0.509 e. The monoisotopic (exact) mass is 1130 g/mol. The van der Waals surface area contributed by atoms with Crippen LogP contribution >= 0.6 is 11.3 Å². The lowest BCUT2D eigenvalue weighted by Gasteiger charge is -2.68. The number of benzene rings is 2. The topological polar surface area (TPSA) is 218 Å². The van der Waals surface area contributed by atoms with Crippen molar-refractivity contribution in [3.05, 3.63) is 99.8 Å². The number of nitrogens with one attached hydrogen (secondary N) is 1. The van der Waals surface area contributed by atoms with Gasteiger partial charge in [-0.05, 0) is 113 Å². The van der Waals surface area contributed by atoms with Crippen molar-refractivity contribution in [3.8, 4) is 0 Å². The second kappa shape index (κ2) is 23.1. The van der Waals surface area contributed by atoms with Crippen molar-refractivity contribution >= 4 is 69.1 Å². The van der Waals surface area contributed by atoms with Gasteiger partial charge in [0.05, 0.1) is 36.2 Å². The lowest BCUT2D eigenvalue weighted by Crippen LogP contribution is -2.82. The molecule has 1 aliphatic heterocycles. The Kier molecular flexibility index (Phi) is 17.9.